The molecule has 2 aromatic rings. The first kappa shape index (κ1) is 12.4. The van der Waals surface area contributed by atoms with Crippen molar-refractivity contribution in [1.29, 1.82) is 0 Å². The van der Waals surface area contributed by atoms with Gasteiger partial charge >= 0.3 is 0 Å². The van der Waals surface area contributed by atoms with Crippen molar-refractivity contribution in [2.45, 2.75) is 30.8 Å². The van der Waals surface area contributed by atoms with E-state index in [0.717, 1.165) is 28.6 Å². The molecule has 5 heteroatoms. The molecule has 2 aliphatic carbocycles. The highest BCUT2D eigenvalue weighted by Crippen LogP contribution is 2.48. The molecule has 4 unspecified atom stereocenters. The molecule has 0 radical (unpaired) electrons. The van der Waals surface area contributed by atoms with E-state index in [4.69, 9.17) is 5.73 Å². The maximum atomic E-state index is 12.5. The number of benzene rings is 1. The standard InChI is InChI=1S/C15H19N3OS/c16-12-3-4-13-14(7-12)18-15(17-13)20(19)8-11-6-9-1-2-10(11)5-9/h3-4,7,9-11H,1-2,5-6,8,16H2,(H,17,18). The van der Waals surface area contributed by atoms with Crippen LogP contribution in [0.4, 0.5) is 5.69 Å². The predicted octanol–water partition coefficient (Wildman–Crippen LogP) is 2.69. The van der Waals surface area contributed by atoms with E-state index in [0.29, 0.717) is 16.8 Å². The second-order valence-electron chi connectivity index (χ2n) is 6.27. The monoisotopic (exact) mass is 289 g/mol. The Balaban J connectivity index is 1.54. The van der Waals surface area contributed by atoms with Crippen LogP contribution in [0.1, 0.15) is 25.7 Å². The van der Waals surface area contributed by atoms with Gasteiger partial charge in [0.15, 0.2) is 5.16 Å². The molecule has 2 fully saturated rings. The molecule has 0 spiro atoms. The summed E-state index contributed by atoms with van der Waals surface area (Å²) in [6.07, 6.45) is 5.35. The molecule has 0 amide bonds. The minimum absolute atomic E-state index is 0.605. The summed E-state index contributed by atoms with van der Waals surface area (Å²) in [4.78, 5) is 7.61. The first-order valence-electron chi connectivity index (χ1n) is 7.32. The van der Waals surface area contributed by atoms with E-state index in [2.05, 4.69) is 9.97 Å². The second kappa shape index (κ2) is 4.58. The number of hydrogen-bond acceptors (Lipinski definition) is 3. The number of imidazole rings is 1. The van der Waals surface area contributed by atoms with Crippen molar-refractivity contribution in [3.8, 4) is 0 Å². The Morgan fingerprint density at radius 3 is 3.00 bits per heavy atom. The van der Waals surface area contributed by atoms with E-state index < -0.39 is 10.8 Å². The molecule has 2 bridgehead atoms. The highest BCUT2D eigenvalue weighted by molar-refractivity contribution is 7.84. The van der Waals surface area contributed by atoms with Gasteiger partial charge in [0, 0.05) is 11.4 Å². The van der Waals surface area contributed by atoms with Crippen molar-refractivity contribution in [2.75, 3.05) is 11.5 Å². The van der Waals surface area contributed by atoms with Crippen LogP contribution in [-0.4, -0.2) is 19.9 Å². The van der Waals surface area contributed by atoms with Gasteiger partial charge in [-0.25, -0.2) is 4.98 Å². The van der Waals surface area contributed by atoms with E-state index in [1.54, 1.807) is 0 Å². The average molecular weight is 289 g/mol. The molecular formula is C15H19N3OS. The molecule has 20 heavy (non-hydrogen) atoms. The summed E-state index contributed by atoms with van der Waals surface area (Å²) < 4.78 is 12.5. The van der Waals surface area contributed by atoms with Gasteiger partial charge in [-0.2, -0.15) is 0 Å². The van der Waals surface area contributed by atoms with Crippen molar-refractivity contribution >= 4 is 27.5 Å². The molecule has 0 aliphatic heterocycles. The molecule has 0 saturated heterocycles. The average Bonchev–Trinajstić information content (AvgIpc) is 3.11. The lowest BCUT2D eigenvalue weighted by atomic mass is 9.90. The zero-order valence-corrected chi connectivity index (χ0v) is 12.2. The van der Waals surface area contributed by atoms with Gasteiger partial charge in [0.05, 0.1) is 21.8 Å². The first-order chi connectivity index (χ1) is 9.69. The number of fused-ring (bicyclic) bond motifs is 3. The molecule has 1 heterocycles. The van der Waals surface area contributed by atoms with Crippen molar-refractivity contribution in [1.82, 2.24) is 9.97 Å². The summed E-state index contributed by atoms with van der Waals surface area (Å²) >= 11 is 0. The van der Waals surface area contributed by atoms with Gasteiger partial charge in [0.2, 0.25) is 0 Å². The Kier molecular flexibility index (Phi) is 2.84. The Hall–Kier alpha value is -1.36. The minimum atomic E-state index is -1.02. The first-order valence-corrected chi connectivity index (χ1v) is 8.64. The SMILES string of the molecule is Nc1ccc2nc(S(=O)CC3CC4CCC3C4)[nH]c2c1. The highest BCUT2D eigenvalue weighted by atomic mass is 32.2. The van der Waals surface area contributed by atoms with Gasteiger partial charge in [-0.3, -0.25) is 4.21 Å². The van der Waals surface area contributed by atoms with E-state index >= 15 is 0 Å². The van der Waals surface area contributed by atoms with Gasteiger partial charge in [0.1, 0.15) is 0 Å². The Morgan fingerprint density at radius 2 is 2.25 bits per heavy atom. The smallest absolute Gasteiger partial charge is 0.197 e. The number of hydrogen-bond donors (Lipinski definition) is 2. The van der Waals surface area contributed by atoms with Crippen LogP contribution in [0, 0.1) is 17.8 Å². The van der Waals surface area contributed by atoms with E-state index in [9.17, 15) is 4.21 Å². The normalized spacial score (nSPS) is 30.1. The summed E-state index contributed by atoms with van der Waals surface area (Å²) in [5.74, 6) is 3.10. The van der Waals surface area contributed by atoms with Gasteiger partial charge in [-0.05, 0) is 55.2 Å². The number of aromatic amines is 1. The molecule has 1 aromatic heterocycles. The van der Waals surface area contributed by atoms with Crippen LogP contribution in [0.3, 0.4) is 0 Å². The lowest BCUT2D eigenvalue weighted by molar-refractivity contribution is 0.363. The third kappa shape index (κ3) is 2.04. The number of rotatable bonds is 3. The quantitative estimate of drug-likeness (QED) is 0.853. The van der Waals surface area contributed by atoms with Gasteiger partial charge in [-0.15, -0.1) is 0 Å². The van der Waals surface area contributed by atoms with Crippen LogP contribution < -0.4 is 5.73 Å². The fourth-order valence-electron chi connectivity index (χ4n) is 3.97. The molecule has 4 atom stereocenters. The van der Waals surface area contributed by atoms with Crippen LogP contribution in [0.2, 0.25) is 0 Å². The molecule has 4 nitrogen and oxygen atoms in total. The summed E-state index contributed by atoms with van der Waals surface area (Å²) in [5.41, 5.74) is 8.18. The zero-order valence-electron chi connectivity index (χ0n) is 11.3. The summed E-state index contributed by atoms with van der Waals surface area (Å²) in [7, 11) is -1.02. The van der Waals surface area contributed by atoms with E-state index in [-0.39, 0.29) is 0 Å². The molecule has 106 valence electrons. The van der Waals surface area contributed by atoms with Gasteiger partial charge < -0.3 is 10.7 Å². The Bertz CT molecular complexity index is 681. The number of nitrogens with two attached hydrogens (primary N) is 1. The Labute approximate surface area is 120 Å². The number of nitrogen functional groups attached to an aromatic ring is 1. The number of nitrogens with zero attached hydrogens (tertiary/aromatic N) is 1. The summed E-state index contributed by atoms with van der Waals surface area (Å²) in [6.45, 7) is 0. The number of nitrogens with one attached hydrogen (secondary N) is 1. The van der Waals surface area contributed by atoms with Crippen LogP contribution in [0.15, 0.2) is 23.4 Å². The topological polar surface area (TPSA) is 71.8 Å². The third-order valence-electron chi connectivity index (χ3n) is 4.95. The lowest BCUT2D eigenvalue weighted by Crippen LogP contribution is -2.18. The van der Waals surface area contributed by atoms with Crippen molar-refractivity contribution in [3.05, 3.63) is 18.2 Å². The van der Waals surface area contributed by atoms with E-state index in [1.807, 2.05) is 18.2 Å². The molecule has 4 rings (SSSR count). The van der Waals surface area contributed by atoms with Crippen molar-refractivity contribution in [2.24, 2.45) is 17.8 Å². The van der Waals surface area contributed by atoms with Gasteiger partial charge in [0.25, 0.3) is 0 Å². The maximum absolute atomic E-state index is 12.5. The second-order valence-corrected chi connectivity index (χ2v) is 7.68. The van der Waals surface area contributed by atoms with E-state index in [1.165, 1.54) is 25.7 Å². The molecular weight excluding hydrogens is 270 g/mol. The highest BCUT2D eigenvalue weighted by Gasteiger charge is 2.40. The number of aromatic nitrogens is 2. The fraction of sp³-hybridized carbons (Fsp3) is 0.533. The maximum Gasteiger partial charge on any atom is 0.197 e. The number of anilines is 1. The van der Waals surface area contributed by atoms with Crippen molar-refractivity contribution < 1.29 is 4.21 Å². The molecule has 2 aliphatic rings. The largest absolute Gasteiger partial charge is 0.399 e. The third-order valence-corrected chi connectivity index (χ3v) is 6.31. The lowest BCUT2D eigenvalue weighted by Gasteiger charge is -2.20. The molecule has 3 N–H and O–H groups in total. The van der Waals surface area contributed by atoms with Crippen LogP contribution in [0.25, 0.3) is 11.0 Å². The van der Waals surface area contributed by atoms with Gasteiger partial charge in [-0.1, -0.05) is 6.42 Å². The Morgan fingerprint density at radius 1 is 1.35 bits per heavy atom. The number of H-pyrrole nitrogens is 1. The minimum Gasteiger partial charge on any atom is -0.399 e. The van der Waals surface area contributed by atoms with Crippen molar-refractivity contribution in [3.63, 3.8) is 0 Å². The zero-order chi connectivity index (χ0) is 13.7. The van der Waals surface area contributed by atoms with Crippen LogP contribution in [-0.2, 0) is 10.8 Å². The molecule has 2 saturated carbocycles. The molecule has 1 aromatic carbocycles. The fourth-order valence-corrected chi connectivity index (χ4v) is 5.34. The van der Waals surface area contributed by atoms with Crippen LogP contribution in [0.5, 0.6) is 0 Å². The predicted molar refractivity (Wildman–Crippen MR) is 80.7 cm³/mol. The summed E-state index contributed by atoms with van der Waals surface area (Å²) in [6, 6.07) is 5.55. The summed E-state index contributed by atoms with van der Waals surface area (Å²) in [5, 5.41) is 0.605. The van der Waals surface area contributed by atoms with Crippen LogP contribution >= 0.6 is 0 Å².